The normalized spacial score (nSPS) is 13.4. The van der Waals surface area contributed by atoms with Crippen LogP contribution in [0.3, 0.4) is 0 Å². The van der Waals surface area contributed by atoms with Crippen LogP contribution in [0.4, 0.5) is 0 Å². The summed E-state index contributed by atoms with van der Waals surface area (Å²) >= 11 is 0. The molecule has 0 aliphatic carbocycles. The third-order valence-corrected chi connectivity index (χ3v) is 8.80. The smallest absolute Gasteiger partial charge is 0.362 e. The third-order valence-electron chi connectivity index (χ3n) is 8.80. The number of hydrogen-bond donors (Lipinski definition) is 1. The molecule has 0 heterocycles. The van der Waals surface area contributed by atoms with Crippen LogP contribution in [0.1, 0.15) is 162 Å². The van der Waals surface area contributed by atoms with Crippen molar-refractivity contribution in [2.45, 2.75) is 174 Å². The number of carbonyl (C=O) groups is 3. The van der Waals surface area contributed by atoms with Gasteiger partial charge in [0, 0.05) is 19.3 Å². The molecular weight excluding hydrogens is 630 g/mol. The van der Waals surface area contributed by atoms with Crippen molar-refractivity contribution in [2.24, 2.45) is 0 Å². The minimum Gasteiger partial charge on any atom is -0.477 e. The van der Waals surface area contributed by atoms with Gasteiger partial charge < -0.3 is 23.8 Å². The molecule has 0 aliphatic rings. The second-order valence-corrected chi connectivity index (χ2v) is 14.6. The highest BCUT2D eigenvalue weighted by Gasteiger charge is 2.31. The van der Waals surface area contributed by atoms with E-state index in [0.29, 0.717) is 19.3 Å². The number of ether oxygens (including phenoxy) is 3. The minimum atomic E-state index is -0.881. The van der Waals surface area contributed by atoms with Gasteiger partial charge >= 0.3 is 17.9 Å². The molecule has 0 bridgehead atoms. The molecule has 0 aromatic rings. The first kappa shape index (κ1) is 47.5. The number of aliphatic carboxylic acids is 1. The Balaban J connectivity index is 4.29. The molecule has 50 heavy (non-hydrogen) atoms. The Hall–Kier alpha value is -2.45. The van der Waals surface area contributed by atoms with Gasteiger partial charge in [0.15, 0.2) is 12.1 Å². The molecule has 2 unspecified atom stereocenters. The van der Waals surface area contributed by atoms with Gasteiger partial charge in [-0.1, -0.05) is 127 Å². The predicted molar refractivity (Wildman–Crippen MR) is 206 cm³/mol. The Bertz CT molecular complexity index is 922. The van der Waals surface area contributed by atoms with Gasteiger partial charge in [-0.15, -0.1) is 0 Å². The fourth-order valence-corrected chi connectivity index (χ4v) is 5.63. The molecule has 8 nitrogen and oxygen atoms in total. The molecule has 0 saturated heterocycles. The molecule has 290 valence electrons. The maximum Gasteiger partial charge on any atom is 0.362 e. The van der Waals surface area contributed by atoms with Gasteiger partial charge in [0.05, 0.1) is 34.4 Å². The van der Waals surface area contributed by atoms with Crippen molar-refractivity contribution >= 4 is 17.9 Å². The fraction of sp³-hybridized carbons (Fsp3) is 0.786. The number of unbranched alkanes of at least 4 members (excludes halogenated alkanes) is 16. The Labute approximate surface area is 306 Å². The van der Waals surface area contributed by atoms with Crippen molar-refractivity contribution in [3.8, 4) is 0 Å². The fourth-order valence-electron chi connectivity index (χ4n) is 5.63. The third kappa shape index (κ3) is 31.5. The SMILES string of the molecule is CCCCC/C=C/C=C/CCCCCCCCCCCCC(=O)OC(COCCC(C(=O)O)[N+](C)(C)C)COC(=O)CC/C=C/CCCCC. The van der Waals surface area contributed by atoms with Gasteiger partial charge in [0.25, 0.3) is 0 Å². The number of likely N-dealkylation sites (N-methyl/N-ethyl adjacent to an activating group) is 1. The number of allylic oxidation sites excluding steroid dienone is 6. The second-order valence-electron chi connectivity index (χ2n) is 14.6. The van der Waals surface area contributed by atoms with E-state index in [4.69, 9.17) is 14.2 Å². The van der Waals surface area contributed by atoms with Crippen LogP contribution >= 0.6 is 0 Å². The Morgan fingerprint density at radius 2 is 1.10 bits per heavy atom. The van der Waals surface area contributed by atoms with Crippen LogP contribution in [0, 0.1) is 0 Å². The molecule has 0 aromatic carbocycles. The molecular formula is C42H76NO7+. The van der Waals surface area contributed by atoms with Crippen molar-refractivity contribution in [3.63, 3.8) is 0 Å². The first-order valence-corrected chi connectivity index (χ1v) is 20.0. The molecule has 0 saturated carbocycles. The lowest BCUT2D eigenvalue weighted by Gasteiger charge is -2.31. The lowest BCUT2D eigenvalue weighted by atomic mass is 10.1. The van der Waals surface area contributed by atoms with Gasteiger partial charge in [-0.2, -0.15) is 0 Å². The maximum absolute atomic E-state index is 12.6. The summed E-state index contributed by atoms with van der Waals surface area (Å²) in [6.45, 7) is 4.59. The number of carboxylic acids is 1. The summed E-state index contributed by atoms with van der Waals surface area (Å²) in [5.74, 6) is -1.54. The van der Waals surface area contributed by atoms with Crippen LogP contribution in [-0.4, -0.2) is 80.6 Å². The summed E-state index contributed by atoms with van der Waals surface area (Å²) in [6, 6.07) is -0.617. The number of nitrogens with zero attached hydrogens (tertiary/aromatic N) is 1. The minimum absolute atomic E-state index is 0.0487. The summed E-state index contributed by atoms with van der Waals surface area (Å²) in [4.78, 5) is 36.6. The van der Waals surface area contributed by atoms with E-state index in [-0.39, 0.29) is 42.7 Å². The lowest BCUT2D eigenvalue weighted by molar-refractivity contribution is -0.887. The topological polar surface area (TPSA) is 99.1 Å². The van der Waals surface area contributed by atoms with Gasteiger partial charge in [-0.3, -0.25) is 9.59 Å². The summed E-state index contributed by atoms with van der Waals surface area (Å²) in [7, 11) is 5.50. The average Bonchev–Trinajstić information content (AvgIpc) is 3.06. The van der Waals surface area contributed by atoms with Crippen molar-refractivity contribution < 1.29 is 38.2 Å². The Morgan fingerprint density at radius 3 is 1.64 bits per heavy atom. The number of hydrogen-bond acceptors (Lipinski definition) is 6. The van der Waals surface area contributed by atoms with Crippen molar-refractivity contribution in [1.29, 1.82) is 0 Å². The number of rotatable bonds is 35. The molecule has 2 atom stereocenters. The highest BCUT2D eigenvalue weighted by atomic mass is 16.6. The van der Waals surface area contributed by atoms with E-state index < -0.39 is 18.1 Å². The van der Waals surface area contributed by atoms with Crippen LogP contribution in [0.15, 0.2) is 36.5 Å². The van der Waals surface area contributed by atoms with Crippen molar-refractivity contribution in [3.05, 3.63) is 36.5 Å². The molecule has 0 aliphatic heterocycles. The molecule has 0 fully saturated rings. The zero-order chi connectivity index (χ0) is 37.1. The lowest BCUT2D eigenvalue weighted by Crippen LogP contribution is -2.50. The summed E-state index contributed by atoms with van der Waals surface area (Å²) < 4.78 is 17.1. The van der Waals surface area contributed by atoms with Gasteiger partial charge in [-0.05, 0) is 51.4 Å². The standard InChI is InChI=1S/C42H75NO7/c1-6-8-10-12-14-15-16-17-18-19-20-21-22-23-24-25-27-29-31-33-41(45)50-38(36-48-35-34-39(42(46)47)43(3,4)5)37-49-40(44)32-30-28-26-13-11-9-7-2/h14-17,26,28,38-39H,6-13,18-25,27,29-37H2,1-5H3/p+1/b15-14+,17-16+,28-26+. The molecule has 0 rings (SSSR count). The van der Waals surface area contributed by atoms with Crippen molar-refractivity contribution in [2.75, 3.05) is 41.0 Å². The summed E-state index contributed by atoms with van der Waals surface area (Å²) in [6.07, 6.45) is 36.4. The quantitative estimate of drug-likeness (QED) is 0.0230. The van der Waals surface area contributed by atoms with Crippen LogP contribution < -0.4 is 0 Å². The molecule has 1 N–H and O–H groups in total. The van der Waals surface area contributed by atoms with E-state index in [0.717, 1.165) is 32.1 Å². The van der Waals surface area contributed by atoms with Crippen LogP contribution in [0.5, 0.6) is 0 Å². The van der Waals surface area contributed by atoms with E-state index in [9.17, 15) is 19.5 Å². The molecule has 0 radical (unpaired) electrons. The number of esters is 2. The highest BCUT2D eigenvalue weighted by molar-refractivity contribution is 5.72. The Morgan fingerprint density at radius 1 is 0.600 bits per heavy atom. The first-order valence-electron chi connectivity index (χ1n) is 20.0. The molecule has 0 aromatic heterocycles. The number of carboxylic acid groups (broad SMARTS) is 1. The van der Waals surface area contributed by atoms with Gasteiger partial charge in [0.1, 0.15) is 6.61 Å². The second kappa shape index (κ2) is 33.7. The van der Waals surface area contributed by atoms with E-state index in [1.807, 2.05) is 27.2 Å². The zero-order valence-electron chi connectivity index (χ0n) is 32.8. The molecule has 8 heteroatoms. The number of quaternary nitrogens is 1. The molecule has 0 spiro atoms. The van der Waals surface area contributed by atoms with Gasteiger partial charge in [0.2, 0.25) is 0 Å². The largest absolute Gasteiger partial charge is 0.477 e. The van der Waals surface area contributed by atoms with E-state index in [1.54, 1.807) is 0 Å². The maximum atomic E-state index is 12.6. The zero-order valence-corrected chi connectivity index (χ0v) is 32.8. The molecule has 0 amide bonds. The summed E-state index contributed by atoms with van der Waals surface area (Å²) in [5.41, 5.74) is 0. The monoisotopic (exact) mass is 707 g/mol. The van der Waals surface area contributed by atoms with Crippen LogP contribution in [-0.2, 0) is 28.6 Å². The first-order chi connectivity index (χ1) is 24.1. The predicted octanol–water partition coefficient (Wildman–Crippen LogP) is 10.3. The van der Waals surface area contributed by atoms with E-state index in [2.05, 4.69) is 44.2 Å². The van der Waals surface area contributed by atoms with Gasteiger partial charge in [-0.25, -0.2) is 4.79 Å². The number of carbonyl (C=O) groups excluding carboxylic acids is 2. The summed E-state index contributed by atoms with van der Waals surface area (Å²) in [5, 5.41) is 9.57. The average molecular weight is 707 g/mol. The Kier molecular flexibility index (Phi) is 32.0. The van der Waals surface area contributed by atoms with E-state index >= 15 is 0 Å². The van der Waals surface area contributed by atoms with Crippen molar-refractivity contribution in [1.82, 2.24) is 0 Å². The van der Waals surface area contributed by atoms with E-state index in [1.165, 1.54) is 89.9 Å². The van der Waals surface area contributed by atoms with Crippen LogP contribution in [0.25, 0.3) is 0 Å². The van der Waals surface area contributed by atoms with Crippen LogP contribution in [0.2, 0.25) is 0 Å². The highest BCUT2D eigenvalue weighted by Crippen LogP contribution is 2.14.